The van der Waals surface area contributed by atoms with Gasteiger partial charge in [-0.05, 0) is 37.1 Å². The molecule has 1 saturated heterocycles. The second kappa shape index (κ2) is 8.59. The second-order valence-corrected chi connectivity index (χ2v) is 7.64. The molecular weight excluding hydrogens is 352 g/mol. The average molecular weight is 380 g/mol. The molecule has 1 saturated carbocycles. The van der Waals surface area contributed by atoms with E-state index in [1.807, 2.05) is 30.3 Å². The summed E-state index contributed by atoms with van der Waals surface area (Å²) < 4.78 is 5.22. The lowest BCUT2D eigenvalue weighted by Gasteiger charge is -2.37. The van der Waals surface area contributed by atoms with Crippen LogP contribution in [-0.4, -0.2) is 54.1 Å². The van der Waals surface area contributed by atoms with Gasteiger partial charge in [-0.2, -0.15) is 0 Å². The van der Waals surface area contributed by atoms with Crippen LogP contribution in [0.15, 0.2) is 36.7 Å². The molecule has 2 aliphatic rings. The fourth-order valence-corrected chi connectivity index (χ4v) is 4.20. The van der Waals surface area contributed by atoms with Crippen LogP contribution < -0.4 is 9.64 Å². The van der Waals surface area contributed by atoms with Crippen molar-refractivity contribution in [3.05, 3.63) is 36.7 Å². The molecule has 2 fully saturated rings. The zero-order valence-corrected chi connectivity index (χ0v) is 16.5. The zero-order chi connectivity index (χ0) is 19.3. The second-order valence-electron chi connectivity index (χ2n) is 7.64. The molecule has 28 heavy (non-hydrogen) atoms. The van der Waals surface area contributed by atoms with Gasteiger partial charge in [-0.25, -0.2) is 9.97 Å². The maximum atomic E-state index is 12.8. The topological polar surface area (TPSA) is 58.6 Å². The van der Waals surface area contributed by atoms with E-state index in [0.717, 1.165) is 61.8 Å². The molecule has 0 radical (unpaired) electrons. The Kier molecular flexibility index (Phi) is 5.74. The van der Waals surface area contributed by atoms with E-state index in [1.165, 1.54) is 19.3 Å². The molecule has 0 atom stereocenters. The monoisotopic (exact) mass is 380 g/mol. The van der Waals surface area contributed by atoms with E-state index < -0.39 is 0 Å². The number of carbonyl (C=O) groups excluding carboxylic acids is 1. The van der Waals surface area contributed by atoms with Gasteiger partial charge in [-0.3, -0.25) is 4.79 Å². The number of carbonyl (C=O) groups is 1. The van der Waals surface area contributed by atoms with E-state index in [2.05, 4.69) is 19.8 Å². The van der Waals surface area contributed by atoms with E-state index in [0.29, 0.717) is 5.91 Å². The lowest BCUT2D eigenvalue weighted by Crippen LogP contribution is -2.50. The van der Waals surface area contributed by atoms with Gasteiger partial charge in [0.2, 0.25) is 5.91 Å². The molecule has 0 N–H and O–H groups in total. The SMILES string of the molecule is COc1ccc(-c2cc(N3CCN(C(=O)C4CCCCC4)CC3)ncn2)cc1. The number of aromatic nitrogens is 2. The summed E-state index contributed by atoms with van der Waals surface area (Å²) in [5, 5.41) is 0. The Bertz CT molecular complexity index is 794. The lowest BCUT2D eigenvalue weighted by molar-refractivity contribution is -0.136. The third-order valence-corrected chi connectivity index (χ3v) is 5.91. The first-order chi connectivity index (χ1) is 13.7. The van der Waals surface area contributed by atoms with Gasteiger partial charge in [0.1, 0.15) is 17.9 Å². The van der Waals surface area contributed by atoms with Crippen LogP contribution >= 0.6 is 0 Å². The molecule has 0 spiro atoms. The Morgan fingerprint density at radius 1 is 1.00 bits per heavy atom. The van der Waals surface area contributed by atoms with Crippen LogP contribution in [-0.2, 0) is 4.79 Å². The Balaban J connectivity index is 1.39. The molecule has 1 aliphatic heterocycles. The normalized spacial score (nSPS) is 18.2. The molecule has 1 aliphatic carbocycles. The number of amides is 1. The number of nitrogens with zero attached hydrogens (tertiary/aromatic N) is 4. The van der Waals surface area contributed by atoms with Crippen molar-refractivity contribution in [1.29, 1.82) is 0 Å². The molecule has 148 valence electrons. The van der Waals surface area contributed by atoms with Gasteiger partial charge < -0.3 is 14.5 Å². The molecule has 6 heteroatoms. The van der Waals surface area contributed by atoms with Gasteiger partial charge in [0.25, 0.3) is 0 Å². The van der Waals surface area contributed by atoms with Gasteiger partial charge in [-0.1, -0.05) is 19.3 Å². The fourth-order valence-electron chi connectivity index (χ4n) is 4.20. The molecule has 0 bridgehead atoms. The summed E-state index contributed by atoms with van der Waals surface area (Å²) >= 11 is 0. The highest BCUT2D eigenvalue weighted by Crippen LogP contribution is 2.27. The Labute approximate surface area is 166 Å². The fraction of sp³-hybridized carbons (Fsp3) is 0.500. The first-order valence-corrected chi connectivity index (χ1v) is 10.2. The van der Waals surface area contributed by atoms with Crippen LogP contribution in [0.1, 0.15) is 32.1 Å². The number of piperazine rings is 1. The molecular formula is C22H28N4O2. The Hall–Kier alpha value is -2.63. The third kappa shape index (κ3) is 4.11. The highest BCUT2D eigenvalue weighted by Gasteiger charge is 2.28. The highest BCUT2D eigenvalue weighted by atomic mass is 16.5. The van der Waals surface area contributed by atoms with Crippen LogP contribution in [0.4, 0.5) is 5.82 Å². The molecule has 2 heterocycles. The minimum atomic E-state index is 0.251. The lowest BCUT2D eigenvalue weighted by atomic mass is 9.88. The summed E-state index contributed by atoms with van der Waals surface area (Å²) in [4.78, 5) is 26.0. The van der Waals surface area contributed by atoms with Crippen LogP contribution in [0.2, 0.25) is 0 Å². The minimum Gasteiger partial charge on any atom is -0.497 e. The number of methoxy groups -OCH3 is 1. The summed E-state index contributed by atoms with van der Waals surface area (Å²) in [7, 11) is 1.66. The first kappa shape index (κ1) is 18.7. The number of hydrogen-bond acceptors (Lipinski definition) is 5. The molecule has 1 aromatic heterocycles. The summed E-state index contributed by atoms with van der Waals surface area (Å²) in [6, 6.07) is 9.91. The van der Waals surface area contributed by atoms with Gasteiger partial charge in [0, 0.05) is 43.7 Å². The largest absolute Gasteiger partial charge is 0.497 e. The summed E-state index contributed by atoms with van der Waals surface area (Å²) in [5.41, 5.74) is 1.93. The van der Waals surface area contributed by atoms with Crippen LogP contribution in [0, 0.1) is 5.92 Å². The average Bonchev–Trinajstić information content (AvgIpc) is 2.79. The summed E-state index contributed by atoms with van der Waals surface area (Å²) in [6.07, 6.45) is 7.43. The minimum absolute atomic E-state index is 0.251. The summed E-state index contributed by atoms with van der Waals surface area (Å²) in [5.74, 6) is 2.37. The van der Waals surface area contributed by atoms with Crippen LogP contribution in [0.3, 0.4) is 0 Å². The van der Waals surface area contributed by atoms with Crippen molar-refractivity contribution in [2.45, 2.75) is 32.1 Å². The Morgan fingerprint density at radius 2 is 1.71 bits per heavy atom. The van der Waals surface area contributed by atoms with Crippen molar-refractivity contribution in [1.82, 2.24) is 14.9 Å². The van der Waals surface area contributed by atoms with Crippen LogP contribution in [0.5, 0.6) is 5.75 Å². The van der Waals surface area contributed by atoms with Crippen molar-refractivity contribution in [3.8, 4) is 17.0 Å². The van der Waals surface area contributed by atoms with Gasteiger partial charge in [0.15, 0.2) is 0 Å². The molecule has 4 rings (SSSR count). The predicted octanol–water partition coefficient (Wildman–Crippen LogP) is 3.38. The highest BCUT2D eigenvalue weighted by molar-refractivity contribution is 5.79. The third-order valence-electron chi connectivity index (χ3n) is 5.91. The molecule has 2 aromatic rings. The standard InChI is InChI=1S/C22H28N4O2/c1-28-19-9-7-17(8-10-19)20-15-21(24-16-23-20)25-11-13-26(14-12-25)22(27)18-5-3-2-4-6-18/h7-10,15-16,18H,2-6,11-14H2,1H3. The van der Waals surface area contributed by atoms with Crippen molar-refractivity contribution in [2.75, 3.05) is 38.2 Å². The van der Waals surface area contributed by atoms with Gasteiger partial charge in [-0.15, -0.1) is 0 Å². The molecule has 6 nitrogen and oxygen atoms in total. The maximum absolute atomic E-state index is 12.8. The Morgan fingerprint density at radius 3 is 2.39 bits per heavy atom. The quantitative estimate of drug-likeness (QED) is 0.814. The van der Waals surface area contributed by atoms with Crippen molar-refractivity contribution >= 4 is 11.7 Å². The van der Waals surface area contributed by atoms with Crippen molar-refractivity contribution < 1.29 is 9.53 Å². The van der Waals surface area contributed by atoms with Crippen LogP contribution in [0.25, 0.3) is 11.3 Å². The predicted molar refractivity (Wildman–Crippen MR) is 109 cm³/mol. The number of anilines is 1. The van der Waals surface area contributed by atoms with E-state index in [4.69, 9.17) is 4.74 Å². The first-order valence-electron chi connectivity index (χ1n) is 10.2. The number of hydrogen-bond donors (Lipinski definition) is 0. The van der Waals surface area contributed by atoms with E-state index in [-0.39, 0.29) is 5.92 Å². The van der Waals surface area contributed by atoms with E-state index in [1.54, 1.807) is 13.4 Å². The maximum Gasteiger partial charge on any atom is 0.225 e. The molecule has 1 aromatic carbocycles. The number of rotatable bonds is 4. The van der Waals surface area contributed by atoms with E-state index >= 15 is 0 Å². The molecule has 0 unspecified atom stereocenters. The zero-order valence-electron chi connectivity index (χ0n) is 16.5. The van der Waals surface area contributed by atoms with Crippen molar-refractivity contribution in [2.24, 2.45) is 5.92 Å². The summed E-state index contributed by atoms with van der Waals surface area (Å²) in [6.45, 7) is 3.18. The number of benzene rings is 1. The smallest absolute Gasteiger partial charge is 0.225 e. The van der Waals surface area contributed by atoms with E-state index in [9.17, 15) is 4.79 Å². The molecule has 1 amide bonds. The number of ether oxygens (including phenoxy) is 1. The van der Waals surface area contributed by atoms with Gasteiger partial charge >= 0.3 is 0 Å². The van der Waals surface area contributed by atoms with Crippen molar-refractivity contribution in [3.63, 3.8) is 0 Å². The van der Waals surface area contributed by atoms with Gasteiger partial charge in [0.05, 0.1) is 12.8 Å².